The summed E-state index contributed by atoms with van der Waals surface area (Å²) >= 11 is 0. The molecule has 3 atom stereocenters. The molecule has 2 aliphatic rings. The number of halogens is 1. The van der Waals surface area contributed by atoms with E-state index in [-0.39, 0.29) is 23.9 Å². The van der Waals surface area contributed by atoms with E-state index in [1.807, 2.05) is 26.8 Å². The smallest absolute Gasteiger partial charge is 0.407 e. The van der Waals surface area contributed by atoms with Crippen LogP contribution < -0.4 is 15.4 Å². The number of allylic oxidation sites excluding steroid dienone is 1. The van der Waals surface area contributed by atoms with Crippen LogP contribution in [0.2, 0.25) is 0 Å². The van der Waals surface area contributed by atoms with Gasteiger partial charge in [-0.05, 0) is 77.1 Å². The summed E-state index contributed by atoms with van der Waals surface area (Å²) in [6, 6.07) is 4.33. The van der Waals surface area contributed by atoms with Gasteiger partial charge in [0.1, 0.15) is 17.2 Å². The van der Waals surface area contributed by atoms with Crippen molar-refractivity contribution < 1.29 is 33.3 Å². The fourth-order valence-electron chi connectivity index (χ4n) is 4.26. The van der Waals surface area contributed by atoms with Crippen LogP contribution in [0, 0.1) is 5.82 Å². The van der Waals surface area contributed by atoms with Gasteiger partial charge in [0.25, 0.3) is 0 Å². The molecule has 0 bridgehead atoms. The van der Waals surface area contributed by atoms with E-state index in [4.69, 9.17) is 19.3 Å². The van der Waals surface area contributed by atoms with Gasteiger partial charge in [-0.15, -0.1) is 0 Å². The van der Waals surface area contributed by atoms with E-state index < -0.39 is 30.1 Å². The number of piperidine rings is 1. The largest absolute Gasteiger partial charge is 0.481 e. The van der Waals surface area contributed by atoms with Gasteiger partial charge in [-0.3, -0.25) is 0 Å². The van der Waals surface area contributed by atoms with E-state index in [2.05, 4.69) is 10.6 Å². The average molecular weight is 479 g/mol. The molecule has 1 aliphatic carbocycles. The Kier molecular flexibility index (Phi) is 8.90. The van der Waals surface area contributed by atoms with Crippen molar-refractivity contribution in [3.63, 3.8) is 0 Å². The summed E-state index contributed by atoms with van der Waals surface area (Å²) in [7, 11) is 0. The van der Waals surface area contributed by atoms with Crippen LogP contribution in [0.1, 0.15) is 58.4 Å². The summed E-state index contributed by atoms with van der Waals surface area (Å²) in [4.78, 5) is 23.1. The number of aliphatic carboxylic acids is 1. The lowest BCUT2D eigenvalue weighted by atomic mass is 9.91. The monoisotopic (exact) mass is 478 g/mol. The third-order valence-corrected chi connectivity index (χ3v) is 5.81. The number of carbonyl (C=O) groups excluding carboxylic acids is 1. The second kappa shape index (κ2) is 11.7. The van der Waals surface area contributed by atoms with Crippen molar-refractivity contribution in [3.05, 3.63) is 35.7 Å². The summed E-state index contributed by atoms with van der Waals surface area (Å²) in [6.07, 6.45) is 5.20. The third kappa shape index (κ3) is 7.70. The molecule has 1 fully saturated rings. The third-order valence-electron chi connectivity index (χ3n) is 5.81. The highest BCUT2D eigenvalue weighted by atomic mass is 19.1. The second-order valence-electron chi connectivity index (χ2n) is 9.71. The first-order valence-electron chi connectivity index (χ1n) is 11.8. The summed E-state index contributed by atoms with van der Waals surface area (Å²) in [5.74, 6) is -1.32. The SMILES string of the molecule is CC(C)(C)OC(=O)NC1CCCN[C@H]1COC1CC=C(c2c(F)cccc2OCC(=O)O)CC1. The van der Waals surface area contributed by atoms with Crippen molar-refractivity contribution in [3.8, 4) is 5.75 Å². The maximum atomic E-state index is 14.5. The van der Waals surface area contributed by atoms with Gasteiger partial charge in [-0.2, -0.15) is 0 Å². The second-order valence-corrected chi connectivity index (χ2v) is 9.71. The number of hydrogen-bond acceptors (Lipinski definition) is 6. The zero-order chi connectivity index (χ0) is 24.7. The minimum absolute atomic E-state index is 0.0192. The molecular formula is C25H35FN2O6. The van der Waals surface area contributed by atoms with Crippen molar-refractivity contribution in [1.29, 1.82) is 0 Å². The fraction of sp³-hybridized carbons (Fsp3) is 0.600. The first kappa shape index (κ1) is 26.0. The van der Waals surface area contributed by atoms with E-state index >= 15 is 0 Å². The van der Waals surface area contributed by atoms with Gasteiger partial charge in [-0.1, -0.05) is 12.1 Å². The molecular weight excluding hydrogens is 443 g/mol. The number of rotatable bonds is 8. The van der Waals surface area contributed by atoms with Gasteiger partial charge in [-0.25, -0.2) is 14.0 Å². The Hall–Kier alpha value is -2.65. The van der Waals surface area contributed by atoms with Crippen LogP contribution in [-0.4, -0.2) is 60.7 Å². The molecule has 3 rings (SSSR count). The first-order chi connectivity index (χ1) is 16.1. The van der Waals surface area contributed by atoms with Gasteiger partial charge >= 0.3 is 12.1 Å². The molecule has 9 heteroatoms. The maximum absolute atomic E-state index is 14.5. The van der Waals surface area contributed by atoms with Gasteiger partial charge in [0.15, 0.2) is 6.61 Å². The first-order valence-corrected chi connectivity index (χ1v) is 11.8. The molecule has 0 aromatic heterocycles. The number of carboxylic acids is 1. The number of nitrogens with one attached hydrogen (secondary N) is 2. The predicted octanol–water partition coefficient (Wildman–Crippen LogP) is 3.89. The fourth-order valence-corrected chi connectivity index (χ4v) is 4.26. The standard InChI is InChI=1S/C25H35FN2O6/c1-25(2,3)34-24(31)28-19-7-5-13-27-20(19)14-32-17-11-9-16(10-12-17)23-18(26)6-4-8-21(23)33-15-22(29)30/h4,6,8-9,17,19-20,27H,5,7,10-15H2,1-3H3,(H,28,31)(H,29,30)/t17?,19?,20-/m0/s1. The lowest BCUT2D eigenvalue weighted by Gasteiger charge is -2.35. The summed E-state index contributed by atoms with van der Waals surface area (Å²) in [5.41, 5.74) is 0.553. The molecule has 34 heavy (non-hydrogen) atoms. The average Bonchev–Trinajstić information content (AvgIpc) is 2.76. The van der Waals surface area contributed by atoms with Crippen molar-refractivity contribution in [2.24, 2.45) is 0 Å². The van der Waals surface area contributed by atoms with E-state index in [9.17, 15) is 14.0 Å². The van der Waals surface area contributed by atoms with Crippen LogP contribution in [0.3, 0.4) is 0 Å². The number of ether oxygens (including phenoxy) is 3. The number of benzene rings is 1. The topological polar surface area (TPSA) is 106 Å². The van der Waals surface area contributed by atoms with Crippen molar-refractivity contribution in [2.45, 2.75) is 76.7 Å². The van der Waals surface area contributed by atoms with Crippen LogP contribution in [0.5, 0.6) is 5.75 Å². The Morgan fingerprint density at radius 1 is 1.26 bits per heavy atom. The van der Waals surface area contributed by atoms with E-state index in [1.54, 1.807) is 6.07 Å². The van der Waals surface area contributed by atoms with Gasteiger partial charge in [0.2, 0.25) is 0 Å². The van der Waals surface area contributed by atoms with Crippen molar-refractivity contribution in [1.82, 2.24) is 10.6 Å². The number of carbonyl (C=O) groups is 2. The number of amides is 1. The van der Waals surface area contributed by atoms with E-state index in [1.165, 1.54) is 12.1 Å². The Balaban J connectivity index is 1.56. The summed E-state index contributed by atoms with van der Waals surface area (Å²) in [6.45, 7) is 6.28. The van der Waals surface area contributed by atoms with E-state index in [0.29, 0.717) is 31.4 Å². The molecule has 2 unspecified atom stereocenters. The molecule has 1 saturated heterocycles. The molecule has 8 nitrogen and oxygen atoms in total. The summed E-state index contributed by atoms with van der Waals surface area (Å²) in [5, 5.41) is 15.3. The minimum atomic E-state index is -1.11. The quantitative estimate of drug-likeness (QED) is 0.521. The molecule has 3 N–H and O–H groups in total. The molecule has 0 spiro atoms. The molecule has 0 radical (unpaired) electrons. The number of hydrogen-bond donors (Lipinski definition) is 3. The highest BCUT2D eigenvalue weighted by Gasteiger charge is 2.29. The van der Waals surface area contributed by atoms with Gasteiger partial charge in [0.05, 0.1) is 24.3 Å². The van der Waals surface area contributed by atoms with Gasteiger partial charge < -0.3 is 30.0 Å². The van der Waals surface area contributed by atoms with Crippen molar-refractivity contribution in [2.75, 3.05) is 19.8 Å². The molecule has 0 saturated carbocycles. The molecule has 1 heterocycles. The molecule has 1 aromatic rings. The predicted molar refractivity (Wildman–Crippen MR) is 125 cm³/mol. The normalized spacial score (nSPS) is 23.1. The van der Waals surface area contributed by atoms with Crippen LogP contribution >= 0.6 is 0 Å². The Labute approximate surface area is 199 Å². The number of alkyl carbamates (subject to hydrolysis) is 1. The number of carboxylic acid groups (broad SMARTS) is 1. The Morgan fingerprint density at radius 2 is 2.06 bits per heavy atom. The molecule has 1 aromatic carbocycles. The Morgan fingerprint density at radius 3 is 2.74 bits per heavy atom. The zero-order valence-corrected chi connectivity index (χ0v) is 20.1. The van der Waals surface area contributed by atoms with Crippen molar-refractivity contribution >= 4 is 17.6 Å². The minimum Gasteiger partial charge on any atom is -0.481 e. The van der Waals surface area contributed by atoms with Crippen LogP contribution in [0.25, 0.3) is 5.57 Å². The summed E-state index contributed by atoms with van der Waals surface area (Å²) < 4.78 is 31.4. The van der Waals surface area contributed by atoms with Gasteiger partial charge in [0, 0.05) is 6.04 Å². The zero-order valence-electron chi connectivity index (χ0n) is 20.1. The van der Waals surface area contributed by atoms with Crippen LogP contribution in [-0.2, 0) is 14.3 Å². The Bertz CT molecular complexity index is 898. The van der Waals surface area contributed by atoms with Crippen LogP contribution in [0.4, 0.5) is 9.18 Å². The molecule has 188 valence electrons. The molecule has 1 amide bonds. The lowest BCUT2D eigenvalue weighted by molar-refractivity contribution is -0.139. The lowest BCUT2D eigenvalue weighted by Crippen LogP contribution is -2.56. The highest BCUT2D eigenvalue weighted by molar-refractivity contribution is 5.73. The maximum Gasteiger partial charge on any atom is 0.407 e. The van der Waals surface area contributed by atoms with E-state index in [0.717, 1.165) is 25.0 Å². The van der Waals surface area contributed by atoms with Crippen LogP contribution in [0.15, 0.2) is 24.3 Å². The molecule has 1 aliphatic heterocycles. The highest BCUT2D eigenvalue weighted by Crippen LogP contribution is 2.35.